The average Bonchev–Trinajstić information content (AvgIpc) is 2.19. The Balaban J connectivity index is 3.79. The lowest BCUT2D eigenvalue weighted by Gasteiger charge is -2.11. The number of carbonyl (C=O) groups is 1. The van der Waals surface area contributed by atoms with Gasteiger partial charge < -0.3 is 10.1 Å². The molecule has 3 heteroatoms. The van der Waals surface area contributed by atoms with Gasteiger partial charge in [-0.2, -0.15) is 0 Å². The van der Waals surface area contributed by atoms with Crippen LogP contribution in [0, 0.1) is 0 Å². The van der Waals surface area contributed by atoms with Crippen molar-refractivity contribution in [2.75, 3.05) is 6.61 Å². The van der Waals surface area contributed by atoms with Gasteiger partial charge in [-0.1, -0.05) is 25.7 Å². The van der Waals surface area contributed by atoms with E-state index in [1.807, 2.05) is 26.8 Å². The van der Waals surface area contributed by atoms with Gasteiger partial charge in [-0.05, 0) is 25.8 Å². The molecule has 0 aromatic heterocycles. The molecule has 0 heterocycles. The predicted molar refractivity (Wildman–Crippen MR) is 58.2 cm³/mol. The lowest BCUT2D eigenvalue weighted by atomic mass is 10.3. The highest BCUT2D eigenvalue weighted by atomic mass is 16.5. The fraction of sp³-hybridized carbons (Fsp3) is 0.545. The van der Waals surface area contributed by atoms with E-state index in [1.54, 1.807) is 6.08 Å². The van der Waals surface area contributed by atoms with Crippen LogP contribution in [0.1, 0.15) is 27.2 Å². The summed E-state index contributed by atoms with van der Waals surface area (Å²) in [6, 6.07) is 0.153. The molecule has 0 spiro atoms. The summed E-state index contributed by atoms with van der Waals surface area (Å²) in [7, 11) is 0. The molecule has 1 N–H and O–H groups in total. The molecule has 0 radical (unpaired) electrons. The van der Waals surface area contributed by atoms with Crippen molar-refractivity contribution in [1.29, 1.82) is 0 Å². The first-order valence-electron chi connectivity index (χ1n) is 4.84. The quantitative estimate of drug-likeness (QED) is 0.688. The lowest BCUT2D eigenvalue weighted by molar-refractivity contribution is 0.153. The minimum Gasteiger partial charge on any atom is -0.445 e. The van der Waals surface area contributed by atoms with Gasteiger partial charge in [0, 0.05) is 6.04 Å². The fourth-order valence-corrected chi connectivity index (χ4v) is 0.754. The number of rotatable bonds is 5. The Morgan fingerprint density at radius 3 is 2.71 bits per heavy atom. The molecule has 0 aromatic rings. The standard InChI is InChI=1S/C11H19NO2/c1-5-9(4)12-11(13)14-8-10(6-2)7-3/h6-7,9H,2,5,8H2,1,3-4H3,(H,12,13). The Labute approximate surface area is 85.8 Å². The van der Waals surface area contributed by atoms with E-state index in [2.05, 4.69) is 11.9 Å². The fourth-order valence-electron chi connectivity index (χ4n) is 0.754. The average molecular weight is 197 g/mol. The summed E-state index contributed by atoms with van der Waals surface area (Å²) in [5, 5.41) is 2.71. The molecule has 0 aliphatic rings. The Bertz CT molecular complexity index is 221. The van der Waals surface area contributed by atoms with Gasteiger partial charge >= 0.3 is 6.09 Å². The SMILES string of the molecule is C=CC(=CC)COC(=O)NC(C)CC. The van der Waals surface area contributed by atoms with Crippen LogP contribution in [0.25, 0.3) is 0 Å². The van der Waals surface area contributed by atoms with Crippen LogP contribution in [0.2, 0.25) is 0 Å². The van der Waals surface area contributed by atoms with E-state index in [1.165, 1.54) is 0 Å². The molecule has 0 bridgehead atoms. The molecule has 1 amide bonds. The van der Waals surface area contributed by atoms with E-state index in [0.717, 1.165) is 12.0 Å². The minimum atomic E-state index is -0.374. The van der Waals surface area contributed by atoms with E-state index in [4.69, 9.17) is 4.74 Å². The number of ether oxygens (including phenoxy) is 1. The van der Waals surface area contributed by atoms with Crippen molar-refractivity contribution in [3.63, 3.8) is 0 Å². The van der Waals surface area contributed by atoms with Crippen LogP contribution in [0.15, 0.2) is 24.3 Å². The molecule has 14 heavy (non-hydrogen) atoms. The van der Waals surface area contributed by atoms with Crippen LogP contribution >= 0.6 is 0 Å². The molecular formula is C11H19NO2. The smallest absolute Gasteiger partial charge is 0.407 e. The zero-order valence-electron chi connectivity index (χ0n) is 9.17. The van der Waals surface area contributed by atoms with E-state index >= 15 is 0 Å². The minimum absolute atomic E-state index is 0.153. The number of amides is 1. The summed E-state index contributed by atoms with van der Waals surface area (Å²) in [4.78, 5) is 11.2. The second-order valence-corrected chi connectivity index (χ2v) is 3.10. The number of hydrogen-bond donors (Lipinski definition) is 1. The highest BCUT2D eigenvalue weighted by Gasteiger charge is 2.05. The zero-order chi connectivity index (χ0) is 11.0. The van der Waals surface area contributed by atoms with Crippen molar-refractivity contribution < 1.29 is 9.53 Å². The van der Waals surface area contributed by atoms with E-state index < -0.39 is 0 Å². The first-order chi connectivity index (χ1) is 6.63. The van der Waals surface area contributed by atoms with Crippen LogP contribution in [0.5, 0.6) is 0 Å². The van der Waals surface area contributed by atoms with Gasteiger partial charge in [0.25, 0.3) is 0 Å². The van der Waals surface area contributed by atoms with E-state index in [9.17, 15) is 4.79 Å². The van der Waals surface area contributed by atoms with Crippen LogP contribution < -0.4 is 5.32 Å². The summed E-state index contributed by atoms with van der Waals surface area (Å²) in [6.07, 6.45) is 4.06. The number of alkyl carbamates (subject to hydrolysis) is 1. The molecule has 0 saturated heterocycles. The van der Waals surface area contributed by atoms with Gasteiger partial charge in [-0.25, -0.2) is 4.79 Å². The van der Waals surface area contributed by atoms with Crippen molar-refractivity contribution in [3.05, 3.63) is 24.3 Å². The molecule has 0 fully saturated rings. The number of carbonyl (C=O) groups excluding carboxylic acids is 1. The zero-order valence-corrected chi connectivity index (χ0v) is 9.17. The molecule has 1 atom stereocenters. The number of nitrogens with one attached hydrogen (secondary N) is 1. The van der Waals surface area contributed by atoms with Crippen molar-refractivity contribution in [2.45, 2.75) is 33.2 Å². The van der Waals surface area contributed by atoms with Crippen LogP contribution in [-0.4, -0.2) is 18.7 Å². The second-order valence-electron chi connectivity index (χ2n) is 3.10. The van der Waals surface area contributed by atoms with Gasteiger partial charge in [-0.3, -0.25) is 0 Å². The second kappa shape index (κ2) is 7.18. The van der Waals surface area contributed by atoms with E-state index in [-0.39, 0.29) is 18.7 Å². The third kappa shape index (κ3) is 5.41. The maximum absolute atomic E-state index is 11.2. The molecule has 0 saturated carbocycles. The summed E-state index contributed by atoms with van der Waals surface area (Å²) in [5.74, 6) is 0. The number of hydrogen-bond acceptors (Lipinski definition) is 2. The molecule has 1 unspecified atom stereocenters. The van der Waals surface area contributed by atoms with Gasteiger partial charge in [0.2, 0.25) is 0 Å². The van der Waals surface area contributed by atoms with Crippen molar-refractivity contribution >= 4 is 6.09 Å². The maximum Gasteiger partial charge on any atom is 0.407 e. The van der Waals surface area contributed by atoms with Gasteiger partial charge in [0.1, 0.15) is 6.61 Å². The van der Waals surface area contributed by atoms with Gasteiger partial charge in [0.15, 0.2) is 0 Å². The maximum atomic E-state index is 11.2. The van der Waals surface area contributed by atoms with Crippen LogP contribution in [0.4, 0.5) is 4.79 Å². The third-order valence-electron chi connectivity index (χ3n) is 1.98. The van der Waals surface area contributed by atoms with Gasteiger partial charge in [0.05, 0.1) is 0 Å². The largest absolute Gasteiger partial charge is 0.445 e. The molecule has 80 valence electrons. The Kier molecular flexibility index (Phi) is 6.54. The van der Waals surface area contributed by atoms with Crippen molar-refractivity contribution in [3.8, 4) is 0 Å². The molecule has 0 aromatic carbocycles. The summed E-state index contributed by atoms with van der Waals surface area (Å²) < 4.78 is 4.97. The molecular weight excluding hydrogens is 178 g/mol. The van der Waals surface area contributed by atoms with Crippen LogP contribution in [0.3, 0.4) is 0 Å². The van der Waals surface area contributed by atoms with Gasteiger partial charge in [-0.15, -0.1) is 0 Å². The Morgan fingerprint density at radius 1 is 1.64 bits per heavy atom. The monoisotopic (exact) mass is 197 g/mol. The summed E-state index contributed by atoms with van der Waals surface area (Å²) in [5.41, 5.74) is 0.907. The highest BCUT2D eigenvalue weighted by molar-refractivity contribution is 5.67. The summed E-state index contributed by atoms with van der Waals surface area (Å²) >= 11 is 0. The third-order valence-corrected chi connectivity index (χ3v) is 1.98. The highest BCUT2D eigenvalue weighted by Crippen LogP contribution is 1.97. The normalized spacial score (nSPS) is 13.2. The molecule has 3 nitrogen and oxygen atoms in total. The van der Waals surface area contributed by atoms with Crippen LogP contribution in [-0.2, 0) is 4.74 Å². The molecule has 0 aliphatic carbocycles. The number of allylic oxidation sites excluding steroid dienone is 1. The summed E-state index contributed by atoms with van der Waals surface area (Å²) in [6.45, 7) is 9.71. The topological polar surface area (TPSA) is 38.3 Å². The Hall–Kier alpha value is -1.25. The Morgan fingerprint density at radius 2 is 2.29 bits per heavy atom. The lowest BCUT2D eigenvalue weighted by Crippen LogP contribution is -2.32. The first-order valence-corrected chi connectivity index (χ1v) is 4.84. The molecule has 0 rings (SSSR count). The van der Waals surface area contributed by atoms with E-state index in [0.29, 0.717) is 0 Å². The molecule has 0 aliphatic heterocycles. The van der Waals surface area contributed by atoms with Crippen molar-refractivity contribution in [1.82, 2.24) is 5.32 Å². The first kappa shape index (κ1) is 12.8. The predicted octanol–water partition coefficient (Wildman–Crippen LogP) is 2.64. The van der Waals surface area contributed by atoms with Crippen molar-refractivity contribution in [2.24, 2.45) is 0 Å².